The zero-order valence-corrected chi connectivity index (χ0v) is 11.1. The van der Waals surface area contributed by atoms with E-state index in [0.29, 0.717) is 0 Å². The van der Waals surface area contributed by atoms with Crippen LogP contribution in [0.25, 0.3) is 0 Å². The van der Waals surface area contributed by atoms with Gasteiger partial charge < -0.3 is 15.2 Å². The molecule has 21 heavy (non-hydrogen) atoms. The van der Waals surface area contributed by atoms with Crippen molar-refractivity contribution in [1.82, 2.24) is 0 Å². The number of rotatable bonds is 4. The predicted octanol–water partition coefficient (Wildman–Crippen LogP) is 2.50. The molecular weight excluding hydrogens is 277 g/mol. The van der Waals surface area contributed by atoms with E-state index in [4.69, 9.17) is 10.5 Å². The summed E-state index contributed by atoms with van der Waals surface area (Å²) >= 11 is 0. The second kappa shape index (κ2) is 6.04. The van der Waals surface area contributed by atoms with Crippen molar-refractivity contribution in [3.05, 3.63) is 59.4 Å². The minimum absolute atomic E-state index is 0.0273. The molecule has 6 heteroatoms. The Balaban J connectivity index is 2.39. The number of halogens is 1. The van der Waals surface area contributed by atoms with Gasteiger partial charge in [0.15, 0.2) is 0 Å². The molecule has 0 aliphatic rings. The number of esters is 1. The van der Waals surface area contributed by atoms with E-state index in [1.54, 1.807) is 12.1 Å². The Labute approximate surface area is 120 Å². The summed E-state index contributed by atoms with van der Waals surface area (Å²) in [4.78, 5) is 22.7. The van der Waals surface area contributed by atoms with Crippen molar-refractivity contribution < 1.29 is 23.5 Å². The van der Waals surface area contributed by atoms with Gasteiger partial charge >= 0.3 is 5.97 Å². The van der Waals surface area contributed by atoms with Crippen molar-refractivity contribution >= 4 is 11.9 Å². The first kappa shape index (κ1) is 14.5. The molecule has 0 bridgehead atoms. The topological polar surface area (TPSA) is 78.6 Å². The highest BCUT2D eigenvalue weighted by molar-refractivity contribution is 5.93. The fraction of sp³-hybridized carbons (Fsp3) is 0.0667. The lowest BCUT2D eigenvalue weighted by molar-refractivity contribution is 0.0597. The smallest absolute Gasteiger partial charge is 0.341 e. The maximum atomic E-state index is 13.4. The van der Waals surface area contributed by atoms with Gasteiger partial charge in [-0.3, -0.25) is 4.79 Å². The van der Waals surface area contributed by atoms with Crippen LogP contribution in [0, 0.1) is 5.82 Å². The molecule has 0 aliphatic carbocycles. The Bertz CT molecular complexity index is 700. The number of methoxy groups -OCH3 is 1. The van der Waals surface area contributed by atoms with Gasteiger partial charge in [0.25, 0.3) is 0 Å². The summed E-state index contributed by atoms with van der Waals surface area (Å²) in [5.74, 6) is -1.79. The van der Waals surface area contributed by atoms with Gasteiger partial charge in [0.2, 0.25) is 5.91 Å². The van der Waals surface area contributed by atoms with Crippen molar-refractivity contribution in [2.75, 3.05) is 7.11 Å². The first-order valence-corrected chi connectivity index (χ1v) is 5.97. The first-order valence-electron chi connectivity index (χ1n) is 5.97. The van der Waals surface area contributed by atoms with Crippen LogP contribution in [0.2, 0.25) is 0 Å². The second-order valence-electron chi connectivity index (χ2n) is 4.13. The number of carbonyl (C=O) groups excluding carboxylic acids is 2. The summed E-state index contributed by atoms with van der Waals surface area (Å²) in [6, 6.07) is 9.70. The van der Waals surface area contributed by atoms with Crippen molar-refractivity contribution in [2.45, 2.75) is 0 Å². The number of primary amides is 1. The average molecular weight is 289 g/mol. The molecule has 0 heterocycles. The highest BCUT2D eigenvalue weighted by Crippen LogP contribution is 2.27. The van der Waals surface area contributed by atoms with Gasteiger partial charge in [-0.25, -0.2) is 9.18 Å². The second-order valence-corrected chi connectivity index (χ2v) is 4.13. The standard InChI is InChI=1S/C15H12FNO4/c1-20-15(19)12-4-2-3-5-13(12)21-11-7-9(14(17)18)6-10(16)8-11/h2-8H,1H3,(H2,17,18). The Hall–Kier alpha value is -2.89. The van der Waals surface area contributed by atoms with Gasteiger partial charge in [-0.15, -0.1) is 0 Å². The Morgan fingerprint density at radius 2 is 1.86 bits per heavy atom. The third-order valence-electron chi connectivity index (χ3n) is 2.68. The maximum Gasteiger partial charge on any atom is 0.341 e. The molecule has 2 aromatic carbocycles. The third kappa shape index (κ3) is 3.36. The van der Waals surface area contributed by atoms with E-state index in [2.05, 4.69) is 4.74 Å². The monoisotopic (exact) mass is 289 g/mol. The van der Waals surface area contributed by atoms with Crippen molar-refractivity contribution in [2.24, 2.45) is 5.73 Å². The highest BCUT2D eigenvalue weighted by atomic mass is 19.1. The largest absolute Gasteiger partial charge is 0.465 e. The number of hydrogen-bond donors (Lipinski definition) is 1. The molecule has 0 saturated heterocycles. The van der Waals surface area contributed by atoms with Gasteiger partial charge in [0, 0.05) is 11.6 Å². The maximum absolute atomic E-state index is 13.4. The molecule has 0 atom stereocenters. The Kier molecular flexibility index (Phi) is 4.18. The van der Waals surface area contributed by atoms with Crippen LogP contribution < -0.4 is 10.5 Å². The summed E-state index contributed by atoms with van der Waals surface area (Å²) in [5, 5.41) is 0. The first-order chi connectivity index (χ1) is 10.0. The molecule has 1 amide bonds. The van der Waals surface area contributed by atoms with Gasteiger partial charge in [0.1, 0.15) is 22.9 Å². The quantitative estimate of drug-likeness (QED) is 0.877. The molecule has 0 radical (unpaired) electrons. The summed E-state index contributed by atoms with van der Waals surface area (Å²) < 4.78 is 23.5. The van der Waals surface area contributed by atoms with Gasteiger partial charge in [-0.05, 0) is 24.3 Å². The molecule has 0 spiro atoms. The van der Waals surface area contributed by atoms with Crippen molar-refractivity contribution in [1.29, 1.82) is 0 Å². The number of carbonyl (C=O) groups is 2. The van der Waals surface area contributed by atoms with Crippen LogP contribution in [0.1, 0.15) is 20.7 Å². The lowest BCUT2D eigenvalue weighted by atomic mass is 10.2. The predicted molar refractivity (Wildman–Crippen MR) is 72.8 cm³/mol. The van der Waals surface area contributed by atoms with Crippen LogP contribution in [0.3, 0.4) is 0 Å². The molecule has 2 rings (SSSR count). The Morgan fingerprint density at radius 3 is 2.52 bits per heavy atom. The molecule has 5 nitrogen and oxygen atoms in total. The SMILES string of the molecule is COC(=O)c1ccccc1Oc1cc(F)cc(C(N)=O)c1. The lowest BCUT2D eigenvalue weighted by Crippen LogP contribution is -2.11. The van der Waals surface area contributed by atoms with Crippen LogP contribution in [0.15, 0.2) is 42.5 Å². The fourth-order valence-electron chi connectivity index (χ4n) is 1.73. The normalized spacial score (nSPS) is 10.0. The highest BCUT2D eigenvalue weighted by Gasteiger charge is 2.14. The van der Waals surface area contributed by atoms with E-state index in [0.717, 1.165) is 12.1 Å². The van der Waals surface area contributed by atoms with E-state index in [-0.39, 0.29) is 22.6 Å². The molecule has 0 unspecified atom stereocenters. The molecule has 2 aromatic rings. The molecule has 0 fully saturated rings. The summed E-state index contributed by atoms with van der Waals surface area (Å²) in [5.41, 5.74) is 5.27. The van der Waals surface area contributed by atoms with Crippen molar-refractivity contribution in [3.63, 3.8) is 0 Å². The Morgan fingerprint density at radius 1 is 1.14 bits per heavy atom. The van der Waals surface area contributed by atoms with Crippen LogP contribution >= 0.6 is 0 Å². The summed E-state index contributed by atoms with van der Waals surface area (Å²) in [6.07, 6.45) is 0. The van der Waals surface area contributed by atoms with Crippen LogP contribution in [0.4, 0.5) is 4.39 Å². The molecule has 0 saturated carbocycles. The van der Waals surface area contributed by atoms with Gasteiger partial charge in [-0.1, -0.05) is 12.1 Å². The van der Waals surface area contributed by atoms with Crippen LogP contribution in [0.5, 0.6) is 11.5 Å². The van der Waals surface area contributed by atoms with Gasteiger partial charge in [-0.2, -0.15) is 0 Å². The van der Waals surface area contributed by atoms with E-state index >= 15 is 0 Å². The number of nitrogens with two attached hydrogens (primary N) is 1. The lowest BCUT2D eigenvalue weighted by Gasteiger charge is -2.10. The molecular formula is C15H12FNO4. The molecule has 2 N–H and O–H groups in total. The van der Waals surface area contributed by atoms with Crippen LogP contribution in [-0.2, 0) is 4.74 Å². The number of benzene rings is 2. The van der Waals surface area contributed by atoms with Crippen LogP contribution in [-0.4, -0.2) is 19.0 Å². The minimum Gasteiger partial charge on any atom is -0.465 e. The average Bonchev–Trinajstić information content (AvgIpc) is 2.46. The van der Waals surface area contributed by atoms with E-state index < -0.39 is 17.7 Å². The molecule has 0 aliphatic heterocycles. The number of ether oxygens (including phenoxy) is 2. The zero-order valence-electron chi connectivity index (χ0n) is 11.1. The van der Waals surface area contributed by atoms with E-state index in [1.165, 1.54) is 25.3 Å². The zero-order chi connectivity index (χ0) is 15.4. The minimum atomic E-state index is -0.777. The summed E-state index contributed by atoms with van der Waals surface area (Å²) in [7, 11) is 1.24. The van der Waals surface area contributed by atoms with E-state index in [9.17, 15) is 14.0 Å². The molecule has 0 aromatic heterocycles. The van der Waals surface area contributed by atoms with Gasteiger partial charge in [0.05, 0.1) is 7.11 Å². The third-order valence-corrected chi connectivity index (χ3v) is 2.68. The fourth-order valence-corrected chi connectivity index (χ4v) is 1.73. The molecule has 108 valence electrons. The van der Waals surface area contributed by atoms with Crippen molar-refractivity contribution in [3.8, 4) is 11.5 Å². The number of hydrogen-bond acceptors (Lipinski definition) is 4. The number of para-hydroxylation sites is 1. The summed E-state index contributed by atoms with van der Waals surface area (Å²) in [6.45, 7) is 0. The number of amides is 1. The van der Waals surface area contributed by atoms with E-state index in [1.807, 2.05) is 0 Å².